The zero-order valence-corrected chi connectivity index (χ0v) is 18.9. The number of hydrogen-bond acceptors (Lipinski definition) is 6. The second-order valence-corrected chi connectivity index (χ2v) is 7.90. The molecule has 0 N–H and O–H groups in total. The normalized spacial score (nSPS) is 13.9. The molecular formula is C24H27N5O4. The van der Waals surface area contributed by atoms with Crippen LogP contribution in [0.4, 0.5) is 0 Å². The fourth-order valence-electron chi connectivity index (χ4n) is 3.99. The van der Waals surface area contributed by atoms with Crippen LogP contribution in [0.25, 0.3) is 11.2 Å². The number of carbonyl (C=O) groups is 2. The lowest BCUT2D eigenvalue weighted by atomic mass is 10.1. The molecule has 0 unspecified atom stereocenters. The van der Waals surface area contributed by atoms with E-state index in [0.717, 1.165) is 12.8 Å². The van der Waals surface area contributed by atoms with Crippen LogP contribution in [-0.4, -0.2) is 69.4 Å². The predicted molar refractivity (Wildman–Crippen MR) is 124 cm³/mol. The molecule has 0 spiro atoms. The van der Waals surface area contributed by atoms with Crippen molar-refractivity contribution >= 4 is 23.0 Å². The lowest BCUT2D eigenvalue weighted by molar-refractivity contribution is 0.0529. The topological polar surface area (TPSA) is 97.6 Å². The summed E-state index contributed by atoms with van der Waals surface area (Å²) >= 11 is 0. The zero-order valence-electron chi connectivity index (χ0n) is 18.9. The number of methoxy groups -OCH3 is 1. The highest BCUT2D eigenvalue weighted by Gasteiger charge is 2.29. The fourth-order valence-corrected chi connectivity index (χ4v) is 3.99. The van der Waals surface area contributed by atoms with E-state index in [2.05, 4.69) is 9.97 Å². The number of carbonyl (C=O) groups excluding carboxylic acids is 2. The second-order valence-electron chi connectivity index (χ2n) is 7.90. The summed E-state index contributed by atoms with van der Waals surface area (Å²) in [5.41, 5.74) is 0.965. The van der Waals surface area contributed by atoms with E-state index in [-0.39, 0.29) is 11.6 Å². The van der Waals surface area contributed by atoms with Crippen LogP contribution in [0.2, 0.25) is 0 Å². The molecule has 0 aliphatic carbocycles. The van der Waals surface area contributed by atoms with E-state index < -0.39 is 11.5 Å². The number of piperazine rings is 1. The Morgan fingerprint density at radius 3 is 2.39 bits per heavy atom. The molecule has 33 heavy (non-hydrogen) atoms. The number of unbranched alkanes of at least 4 members (excludes halogenated alkanes) is 1. The molecule has 1 saturated heterocycles. The van der Waals surface area contributed by atoms with Gasteiger partial charge >= 0.3 is 0 Å². The van der Waals surface area contributed by atoms with Gasteiger partial charge < -0.3 is 14.5 Å². The van der Waals surface area contributed by atoms with E-state index in [4.69, 9.17) is 4.74 Å². The number of aromatic nitrogens is 3. The largest absolute Gasteiger partial charge is 0.496 e. The number of amides is 2. The SMILES string of the molecule is CCCCn1c(=O)c(C(=O)N2CCN(C(=O)c3ccccc3OC)CC2)nc2cccnc21. The summed E-state index contributed by atoms with van der Waals surface area (Å²) in [5.74, 6) is -0.0422. The first-order valence-electron chi connectivity index (χ1n) is 11.1. The van der Waals surface area contributed by atoms with Gasteiger partial charge in [-0.25, -0.2) is 9.97 Å². The van der Waals surface area contributed by atoms with E-state index >= 15 is 0 Å². The molecule has 3 heterocycles. The van der Waals surface area contributed by atoms with Crippen molar-refractivity contribution in [2.75, 3.05) is 33.3 Å². The quantitative estimate of drug-likeness (QED) is 0.572. The van der Waals surface area contributed by atoms with Crippen LogP contribution < -0.4 is 10.3 Å². The van der Waals surface area contributed by atoms with Gasteiger partial charge in [-0.05, 0) is 30.7 Å². The Labute approximate surface area is 191 Å². The molecule has 4 rings (SSSR count). The van der Waals surface area contributed by atoms with Crippen molar-refractivity contribution in [2.24, 2.45) is 0 Å². The van der Waals surface area contributed by atoms with Gasteiger partial charge in [0, 0.05) is 38.9 Å². The minimum atomic E-state index is -0.424. The summed E-state index contributed by atoms with van der Waals surface area (Å²) in [6, 6.07) is 10.6. The number of para-hydroxylation sites is 1. The Balaban J connectivity index is 1.54. The zero-order chi connectivity index (χ0) is 23.4. The number of nitrogens with zero attached hydrogens (tertiary/aromatic N) is 5. The summed E-state index contributed by atoms with van der Waals surface area (Å²) < 4.78 is 6.84. The minimum absolute atomic E-state index is 0.101. The highest BCUT2D eigenvalue weighted by Crippen LogP contribution is 2.20. The average molecular weight is 450 g/mol. The highest BCUT2D eigenvalue weighted by molar-refractivity contribution is 5.97. The van der Waals surface area contributed by atoms with E-state index in [1.165, 1.54) is 7.11 Å². The first-order valence-corrected chi connectivity index (χ1v) is 11.1. The lowest BCUT2D eigenvalue weighted by Gasteiger charge is -2.34. The molecular weight excluding hydrogens is 422 g/mol. The maximum absolute atomic E-state index is 13.2. The molecule has 0 atom stereocenters. The standard InChI is InChI=1S/C24H27N5O4/c1-3-4-12-29-21-18(9-7-11-25-21)26-20(24(29)32)23(31)28-15-13-27(14-16-28)22(30)17-8-5-6-10-19(17)33-2/h5-11H,3-4,12-16H2,1-2H3. The first kappa shape index (κ1) is 22.4. The number of rotatable bonds is 6. The van der Waals surface area contributed by atoms with E-state index in [1.807, 2.05) is 13.0 Å². The van der Waals surface area contributed by atoms with Gasteiger partial charge in [-0.2, -0.15) is 0 Å². The monoisotopic (exact) mass is 449 g/mol. The Kier molecular flexibility index (Phi) is 6.67. The number of aryl methyl sites for hydroxylation is 1. The summed E-state index contributed by atoms with van der Waals surface area (Å²) in [5, 5.41) is 0. The third-order valence-electron chi connectivity index (χ3n) is 5.83. The van der Waals surface area contributed by atoms with Gasteiger partial charge in [0.1, 0.15) is 11.3 Å². The van der Waals surface area contributed by atoms with Crippen LogP contribution in [0.3, 0.4) is 0 Å². The second kappa shape index (κ2) is 9.81. The van der Waals surface area contributed by atoms with Crippen LogP contribution in [0.1, 0.15) is 40.6 Å². The molecule has 0 saturated carbocycles. The minimum Gasteiger partial charge on any atom is -0.496 e. The number of hydrogen-bond donors (Lipinski definition) is 0. The Hall–Kier alpha value is -3.75. The summed E-state index contributed by atoms with van der Waals surface area (Å²) in [4.78, 5) is 51.3. The lowest BCUT2D eigenvalue weighted by Crippen LogP contribution is -2.51. The van der Waals surface area contributed by atoms with Gasteiger partial charge in [0.15, 0.2) is 11.3 Å². The van der Waals surface area contributed by atoms with Gasteiger partial charge in [-0.3, -0.25) is 19.0 Å². The molecule has 3 aromatic rings. The van der Waals surface area contributed by atoms with Crippen molar-refractivity contribution < 1.29 is 14.3 Å². The Morgan fingerprint density at radius 2 is 1.70 bits per heavy atom. The molecule has 9 nitrogen and oxygen atoms in total. The van der Waals surface area contributed by atoms with Crippen LogP contribution in [0.15, 0.2) is 47.4 Å². The maximum atomic E-state index is 13.2. The summed E-state index contributed by atoms with van der Waals surface area (Å²) in [7, 11) is 1.53. The maximum Gasteiger partial charge on any atom is 0.283 e. The third-order valence-corrected chi connectivity index (χ3v) is 5.83. The molecule has 2 aromatic heterocycles. The fraction of sp³-hybridized carbons (Fsp3) is 0.375. The number of pyridine rings is 1. The third kappa shape index (κ3) is 4.44. The van der Waals surface area contributed by atoms with Crippen molar-refractivity contribution in [3.05, 3.63) is 64.2 Å². The Morgan fingerprint density at radius 1 is 1.00 bits per heavy atom. The van der Waals surface area contributed by atoms with Gasteiger partial charge in [0.05, 0.1) is 12.7 Å². The van der Waals surface area contributed by atoms with Gasteiger partial charge in [0.2, 0.25) is 0 Å². The Bertz CT molecular complexity index is 1230. The molecule has 1 fully saturated rings. The average Bonchev–Trinajstić information content (AvgIpc) is 2.87. The predicted octanol–water partition coefficient (Wildman–Crippen LogP) is 2.20. The van der Waals surface area contributed by atoms with E-state index in [9.17, 15) is 14.4 Å². The van der Waals surface area contributed by atoms with Gasteiger partial charge in [-0.15, -0.1) is 0 Å². The molecule has 2 amide bonds. The van der Waals surface area contributed by atoms with E-state index in [1.54, 1.807) is 50.9 Å². The van der Waals surface area contributed by atoms with Gasteiger partial charge in [-0.1, -0.05) is 25.5 Å². The number of fused-ring (bicyclic) bond motifs is 1. The van der Waals surface area contributed by atoms with Crippen LogP contribution >= 0.6 is 0 Å². The molecule has 1 aliphatic heterocycles. The van der Waals surface area contributed by atoms with Crippen molar-refractivity contribution in [1.29, 1.82) is 0 Å². The number of benzene rings is 1. The van der Waals surface area contributed by atoms with E-state index in [0.29, 0.717) is 55.2 Å². The highest BCUT2D eigenvalue weighted by atomic mass is 16.5. The summed E-state index contributed by atoms with van der Waals surface area (Å²) in [6.07, 6.45) is 3.33. The number of ether oxygens (including phenoxy) is 1. The van der Waals surface area contributed by atoms with Crippen LogP contribution in [0.5, 0.6) is 5.75 Å². The van der Waals surface area contributed by atoms with Crippen molar-refractivity contribution in [3.63, 3.8) is 0 Å². The van der Waals surface area contributed by atoms with Gasteiger partial charge in [0.25, 0.3) is 17.4 Å². The molecule has 1 aliphatic rings. The summed E-state index contributed by atoms with van der Waals surface area (Å²) in [6.45, 7) is 3.89. The molecule has 0 bridgehead atoms. The van der Waals surface area contributed by atoms with Crippen LogP contribution in [-0.2, 0) is 6.54 Å². The molecule has 0 radical (unpaired) electrons. The smallest absolute Gasteiger partial charge is 0.283 e. The van der Waals surface area contributed by atoms with Crippen LogP contribution in [0, 0.1) is 0 Å². The molecule has 9 heteroatoms. The van der Waals surface area contributed by atoms with Crippen molar-refractivity contribution in [2.45, 2.75) is 26.3 Å². The molecule has 172 valence electrons. The first-order chi connectivity index (χ1) is 16.0. The van der Waals surface area contributed by atoms with Crippen molar-refractivity contribution in [3.8, 4) is 5.75 Å². The van der Waals surface area contributed by atoms with Crippen molar-refractivity contribution in [1.82, 2.24) is 24.3 Å². The molecule has 1 aromatic carbocycles.